The zero-order valence-corrected chi connectivity index (χ0v) is 14.1. The van der Waals surface area contributed by atoms with Gasteiger partial charge in [-0.1, -0.05) is 0 Å². The summed E-state index contributed by atoms with van der Waals surface area (Å²) in [6, 6.07) is 0. The normalized spacial score (nSPS) is 29.8. The molecule has 0 N–H and O–H groups in total. The van der Waals surface area contributed by atoms with Gasteiger partial charge in [-0.25, -0.2) is 4.79 Å². The number of likely N-dealkylation sites (tertiary alicyclic amines) is 2. The number of carbonyl (C=O) groups excluding carboxylic acids is 1. The molecular formula is C15H28N2O2S. The summed E-state index contributed by atoms with van der Waals surface area (Å²) >= 11 is 4.54. The molecule has 0 aromatic rings. The van der Waals surface area contributed by atoms with Crippen LogP contribution in [0.25, 0.3) is 0 Å². The van der Waals surface area contributed by atoms with Gasteiger partial charge in [-0.3, -0.25) is 4.90 Å². The van der Waals surface area contributed by atoms with Crippen molar-refractivity contribution in [3.63, 3.8) is 0 Å². The van der Waals surface area contributed by atoms with E-state index in [0.717, 1.165) is 39.0 Å². The molecule has 2 saturated heterocycles. The van der Waals surface area contributed by atoms with Crippen LogP contribution >= 0.6 is 12.6 Å². The molecule has 2 atom stereocenters. The van der Waals surface area contributed by atoms with E-state index in [0.29, 0.717) is 5.37 Å². The Labute approximate surface area is 128 Å². The minimum Gasteiger partial charge on any atom is -0.444 e. The van der Waals surface area contributed by atoms with Crippen molar-refractivity contribution in [2.45, 2.75) is 57.9 Å². The predicted molar refractivity (Wildman–Crippen MR) is 84.1 cm³/mol. The molecule has 2 rings (SSSR count). The molecule has 2 aliphatic heterocycles. The third-order valence-corrected chi connectivity index (χ3v) is 4.64. The summed E-state index contributed by atoms with van der Waals surface area (Å²) in [6.45, 7) is 11.7. The number of rotatable bonds is 1. The topological polar surface area (TPSA) is 32.8 Å². The van der Waals surface area contributed by atoms with E-state index >= 15 is 0 Å². The maximum atomic E-state index is 12.2. The molecule has 0 bridgehead atoms. The average Bonchev–Trinajstić information content (AvgIpc) is 2.71. The molecule has 2 heterocycles. The van der Waals surface area contributed by atoms with E-state index in [-0.39, 0.29) is 11.5 Å². The van der Waals surface area contributed by atoms with Crippen molar-refractivity contribution in [1.29, 1.82) is 0 Å². The highest BCUT2D eigenvalue weighted by Crippen LogP contribution is 2.40. The van der Waals surface area contributed by atoms with E-state index in [1.54, 1.807) is 0 Å². The molecule has 0 radical (unpaired) electrons. The summed E-state index contributed by atoms with van der Waals surface area (Å²) < 4.78 is 5.51. The molecule has 0 aromatic heterocycles. The number of thiol groups is 1. The lowest BCUT2D eigenvalue weighted by Crippen LogP contribution is -2.49. The number of hydrogen-bond acceptors (Lipinski definition) is 4. The lowest BCUT2D eigenvalue weighted by atomic mass is 9.79. The molecule has 4 nitrogen and oxygen atoms in total. The summed E-state index contributed by atoms with van der Waals surface area (Å²) in [6.07, 6.45) is 3.29. The lowest BCUT2D eigenvalue weighted by Gasteiger charge is -2.41. The second-order valence-corrected chi connectivity index (χ2v) is 8.11. The van der Waals surface area contributed by atoms with Gasteiger partial charge in [0.25, 0.3) is 0 Å². The summed E-state index contributed by atoms with van der Waals surface area (Å²) in [5.41, 5.74) is -0.158. The molecule has 1 amide bonds. The van der Waals surface area contributed by atoms with Crippen molar-refractivity contribution in [3.05, 3.63) is 0 Å². The van der Waals surface area contributed by atoms with Crippen LogP contribution in [-0.4, -0.2) is 53.0 Å². The Morgan fingerprint density at radius 3 is 2.50 bits per heavy atom. The van der Waals surface area contributed by atoms with Gasteiger partial charge in [0.2, 0.25) is 0 Å². The first-order chi connectivity index (χ1) is 9.21. The SMILES string of the molecule is CC(S)N1CCC2(CCCN(C(=O)OC(C)(C)C)C2)C1. The van der Waals surface area contributed by atoms with Crippen LogP contribution in [0.15, 0.2) is 0 Å². The Kier molecular flexibility index (Phi) is 4.59. The van der Waals surface area contributed by atoms with Crippen LogP contribution in [0.3, 0.4) is 0 Å². The Hall–Kier alpha value is -0.420. The summed E-state index contributed by atoms with van der Waals surface area (Å²) in [5.74, 6) is 0. The fourth-order valence-electron chi connectivity index (χ4n) is 3.31. The molecule has 20 heavy (non-hydrogen) atoms. The van der Waals surface area contributed by atoms with Crippen LogP contribution in [0.2, 0.25) is 0 Å². The maximum Gasteiger partial charge on any atom is 0.410 e. The Balaban J connectivity index is 1.97. The predicted octanol–water partition coefficient (Wildman–Crippen LogP) is 2.99. The Morgan fingerprint density at radius 2 is 1.95 bits per heavy atom. The van der Waals surface area contributed by atoms with E-state index in [9.17, 15) is 4.79 Å². The first-order valence-electron chi connectivity index (χ1n) is 7.61. The smallest absolute Gasteiger partial charge is 0.410 e. The van der Waals surface area contributed by atoms with Crippen LogP contribution in [0, 0.1) is 5.41 Å². The maximum absolute atomic E-state index is 12.2. The standard InChI is InChI=1S/C15H28N2O2S/c1-12(20)16-9-7-15(10-16)6-5-8-17(11-15)13(18)19-14(2,3)4/h12,20H,5-11H2,1-4H3. The van der Waals surface area contributed by atoms with Gasteiger partial charge in [0.1, 0.15) is 5.60 Å². The van der Waals surface area contributed by atoms with E-state index in [1.165, 1.54) is 6.42 Å². The summed E-state index contributed by atoms with van der Waals surface area (Å²) in [5, 5.41) is 0.297. The highest BCUT2D eigenvalue weighted by Gasteiger charge is 2.43. The van der Waals surface area contributed by atoms with Crippen molar-refractivity contribution in [2.75, 3.05) is 26.2 Å². The number of carbonyl (C=O) groups is 1. The van der Waals surface area contributed by atoms with Gasteiger partial charge in [-0.2, -0.15) is 12.6 Å². The van der Waals surface area contributed by atoms with Gasteiger partial charge in [0.05, 0.1) is 0 Å². The fourth-order valence-corrected chi connectivity index (χ4v) is 3.51. The number of hydrogen-bond donors (Lipinski definition) is 1. The molecule has 116 valence electrons. The largest absolute Gasteiger partial charge is 0.444 e. The van der Waals surface area contributed by atoms with E-state index in [2.05, 4.69) is 24.5 Å². The van der Waals surface area contributed by atoms with Crippen LogP contribution in [-0.2, 0) is 4.74 Å². The number of piperidine rings is 1. The van der Waals surface area contributed by atoms with E-state index < -0.39 is 5.60 Å². The van der Waals surface area contributed by atoms with Crippen molar-refractivity contribution in [2.24, 2.45) is 5.41 Å². The first kappa shape index (κ1) is 16.0. The molecule has 2 fully saturated rings. The second kappa shape index (κ2) is 5.76. The van der Waals surface area contributed by atoms with Crippen molar-refractivity contribution in [1.82, 2.24) is 9.80 Å². The summed E-state index contributed by atoms with van der Waals surface area (Å²) in [4.78, 5) is 16.6. The first-order valence-corrected chi connectivity index (χ1v) is 8.13. The molecule has 2 unspecified atom stereocenters. The van der Waals surface area contributed by atoms with Crippen LogP contribution in [0.1, 0.15) is 47.0 Å². The number of ether oxygens (including phenoxy) is 1. The van der Waals surface area contributed by atoms with E-state index in [1.807, 2.05) is 25.7 Å². The number of nitrogens with zero attached hydrogens (tertiary/aromatic N) is 2. The fraction of sp³-hybridized carbons (Fsp3) is 0.933. The molecule has 2 aliphatic rings. The van der Waals surface area contributed by atoms with E-state index in [4.69, 9.17) is 4.74 Å². The van der Waals surface area contributed by atoms with Crippen molar-refractivity contribution < 1.29 is 9.53 Å². The Morgan fingerprint density at radius 1 is 1.25 bits per heavy atom. The quantitative estimate of drug-likeness (QED) is 0.756. The molecule has 0 aromatic carbocycles. The van der Waals surface area contributed by atoms with Gasteiger partial charge in [-0.15, -0.1) is 0 Å². The zero-order valence-electron chi connectivity index (χ0n) is 13.2. The number of amides is 1. The van der Waals surface area contributed by atoms with Crippen molar-refractivity contribution in [3.8, 4) is 0 Å². The highest BCUT2D eigenvalue weighted by molar-refractivity contribution is 7.80. The summed E-state index contributed by atoms with van der Waals surface area (Å²) in [7, 11) is 0. The third kappa shape index (κ3) is 3.82. The van der Waals surface area contributed by atoms with Gasteiger partial charge >= 0.3 is 6.09 Å². The second-order valence-electron chi connectivity index (χ2n) is 7.36. The van der Waals surface area contributed by atoms with Crippen molar-refractivity contribution >= 4 is 18.7 Å². The van der Waals surface area contributed by atoms with Gasteiger partial charge < -0.3 is 9.64 Å². The molecule has 1 spiro atoms. The molecule has 0 saturated carbocycles. The van der Waals surface area contributed by atoms with Gasteiger partial charge in [-0.05, 0) is 53.5 Å². The van der Waals surface area contributed by atoms with Gasteiger partial charge in [0.15, 0.2) is 0 Å². The monoisotopic (exact) mass is 300 g/mol. The molecule has 0 aliphatic carbocycles. The van der Waals surface area contributed by atoms with Crippen LogP contribution in [0.5, 0.6) is 0 Å². The van der Waals surface area contributed by atoms with Crippen LogP contribution < -0.4 is 0 Å². The zero-order chi connectivity index (χ0) is 15.0. The minimum absolute atomic E-state index is 0.158. The highest BCUT2D eigenvalue weighted by atomic mass is 32.1. The average molecular weight is 300 g/mol. The van der Waals surface area contributed by atoms with Crippen LogP contribution in [0.4, 0.5) is 4.79 Å². The molecule has 5 heteroatoms. The lowest BCUT2D eigenvalue weighted by molar-refractivity contribution is 0.00538. The minimum atomic E-state index is -0.414. The molecular weight excluding hydrogens is 272 g/mol. The van der Waals surface area contributed by atoms with Gasteiger partial charge in [0, 0.05) is 30.4 Å². The Bertz CT molecular complexity index is 367. The third-order valence-electron chi connectivity index (χ3n) is 4.31.